The number of nitrogens with one attached hydrogen (secondary N) is 1. The molecule has 0 amide bonds. The molecule has 1 heterocycles. The van der Waals surface area contributed by atoms with Gasteiger partial charge in [0.1, 0.15) is 0 Å². The Morgan fingerprint density at radius 1 is 1.28 bits per heavy atom. The van der Waals surface area contributed by atoms with Gasteiger partial charge in [0, 0.05) is 31.0 Å². The Hall–Kier alpha value is -0.830. The Morgan fingerprint density at radius 2 is 1.94 bits per heavy atom. The molecule has 3 nitrogen and oxygen atoms in total. The highest BCUT2D eigenvalue weighted by Crippen LogP contribution is 2.22. The normalized spacial score (nSPS) is 17.4. The van der Waals surface area contributed by atoms with Gasteiger partial charge in [0.15, 0.2) is 0 Å². The Morgan fingerprint density at radius 3 is 2.39 bits per heavy atom. The van der Waals surface area contributed by atoms with Crippen molar-refractivity contribution in [2.75, 3.05) is 0 Å². The summed E-state index contributed by atoms with van der Waals surface area (Å²) in [6.07, 6.45) is 7.00. The van der Waals surface area contributed by atoms with Crippen molar-refractivity contribution >= 4 is 0 Å². The van der Waals surface area contributed by atoms with Crippen LogP contribution in [-0.2, 0) is 6.54 Å². The number of rotatable bonds is 6. The summed E-state index contributed by atoms with van der Waals surface area (Å²) in [5.74, 6) is 0.706. The molecule has 1 rings (SSSR count). The molecule has 0 spiro atoms. The molecule has 0 aromatic carbocycles. The summed E-state index contributed by atoms with van der Waals surface area (Å²) in [5, 5.41) is 3.80. The highest BCUT2D eigenvalue weighted by molar-refractivity contribution is 4.86. The monoisotopic (exact) mass is 251 g/mol. The summed E-state index contributed by atoms with van der Waals surface area (Å²) in [5.41, 5.74) is 0.242. The van der Waals surface area contributed by atoms with Gasteiger partial charge in [0.2, 0.25) is 0 Å². The van der Waals surface area contributed by atoms with E-state index < -0.39 is 0 Å². The van der Waals surface area contributed by atoms with E-state index in [2.05, 4.69) is 56.4 Å². The van der Waals surface area contributed by atoms with Crippen LogP contribution in [0.5, 0.6) is 0 Å². The van der Waals surface area contributed by atoms with Gasteiger partial charge in [-0.25, -0.2) is 4.98 Å². The van der Waals surface area contributed by atoms with Crippen LogP contribution in [0.25, 0.3) is 0 Å². The number of hydrogen-bond donors (Lipinski definition) is 1. The summed E-state index contributed by atoms with van der Waals surface area (Å²) < 4.78 is 2.16. The van der Waals surface area contributed by atoms with Gasteiger partial charge in [-0.3, -0.25) is 0 Å². The second kappa shape index (κ2) is 6.37. The predicted molar refractivity (Wildman–Crippen MR) is 77.5 cm³/mol. The van der Waals surface area contributed by atoms with Crippen molar-refractivity contribution in [1.82, 2.24) is 14.9 Å². The maximum Gasteiger partial charge on any atom is 0.0946 e. The van der Waals surface area contributed by atoms with Crippen molar-refractivity contribution in [3.63, 3.8) is 0 Å². The Labute approximate surface area is 112 Å². The molecule has 104 valence electrons. The molecule has 0 aliphatic rings. The molecule has 1 aromatic rings. The lowest BCUT2D eigenvalue weighted by Gasteiger charge is -2.36. The standard InChI is InChI=1S/C15H29N3/c1-7-12(2)13(3)17-14(15(4,5)6)10-18-9-8-16-11-18/h8-9,11-14,17H,7,10H2,1-6H3. The van der Waals surface area contributed by atoms with Gasteiger partial charge in [-0.1, -0.05) is 41.0 Å². The van der Waals surface area contributed by atoms with Gasteiger partial charge in [-0.15, -0.1) is 0 Å². The average molecular weight is 251 g/mol. The molecule has 0 saturated carbocycles. The van der Waals surface area contributed by atoms with Crippen LogP contribution in [0, 0.1) is 11.3 Å². The molecule has 0 aliphatic carbocycles. The number of aromatic nitrogens is 2. The quantitative estimate of drug-likeness (QED) is 0.840. The van der Waals surface area contributed by atoms with Crippen molar-refractivity contribution in [3.05, 3.63) is 18.7 Å². The van der Waals surface area contributed by atoms with Crippen LogP contribution in [0.2, 0.25) is 0 Å². The van der Waals surface area contributed by atoms with Crippen LogP contribution < -0.4 is 5.32 Å². The molecular weight excluding hydrogens is 222 g/mol. The number of imidazole rings is 1. The molecule has 0 saturated heterocycles. The summed E-state index contributed by atoms with van der Waals surface area (Å²) >= 11 is 0. The van der Waals surface area contributed by atoms with Crippen molar-refractivity contribution in [2.24, 2.45) is 11.3 Å². The van der Waals surface area contributed by atoms with Crippen molar-refractivity contribution in [1.29, 1.82) is 0 Å². The number of hydrogen-bond acceptors (Lipinski definition) is 2. The van der Waals surface area contributed by atoms with Gasteiger partial charge in [0.25, 0.3) is 0 Å². The average Bonchev–Trinajstić information content (AvgIpc) is 2.78. The molecule has 3 heteroatoms. The lowest BCUT2D eigenvalue weighted by atomic mass is 9.85. The lowest BCUT2D eigenvalue weighted by molar-refractivity contribution is 0.205. The van der Waals surface area contributed by atoms with E-state index in [1.807, 2.05) is 18.7 Å². The van der Waals surface area contributed by atoms with Crippen molar-refractivity contribution in [2.45, 2.75) is 66.6 Å². The van der Waals surface area contributed by atoms with E-state index in [0.29, 0.717) is 18.0 Å². The third kappa shape index (κ3) is 4.45. The minimum absolute atomic E-state index is 0.242. The maximum absolute atomic E-state index is 4.12. The maximum atomic E-state index is 4.12. The molecule has 1 aromatic heterocycles. The van der Waals surface area contributed by atoms with E-state index >= 15 is 0 Å². The molecule has 0 bridgehead atoms. The van der Waals surface area contributed by atoms with E-state index in [-0.39, 0.29) is 5.41 Å². The largest absolute Gasteiger partial charge is 0.336 e. The zero-order valence-corrected chi connectivity index (χ0v) is 12.8. The topological polar surface area (TPSA) is 29.9 Å². The molecule has 0 fully saturated rings. The fourth-order valence-corrected chi connectivity index (χ4v) is 2.02. The van der Waals surface area contributed by atoms with Crippen molar-refractivity contribution < 1.29 is 0 Å². The molecule has 3 atom stereocenters. The molecule has 1 N–H and O–H groups in total. The van der Waals surface area contributed by atoms with Gasteiger partial charge >= 0.3 is 0 Å². The van der Waals surface area contributed by atoms with Crippen LogP contribution in [0.15, 0.2) is 18.7 Å². The minimum Gasteiger partial charge on any atom is -0.336 e. The highest BCUT2D eigenvalue weighted by atomic mass is 15.1. The molecule has 0 radical (unpaired) electrons. The van der Waals surface area contributed by atoms with Gasteiger partial charge < -0.3 is 9.88 Å². The van der Waals surface area contributed by atoms with E-state index in [4.69, 9.17) is 0 Å². The first kappa shape index (κ1) is 15.2. The van der Waals surface area contributed by atoms with E-state index in [1.165, 1.54) is 6.42 Å². The lowest BCUT2D eigenvalue weighted by Crippen LogP contribution is -2.49. The van der Waals surface area contributed by atoms with Crippen LogP contribution >= 0.6 is 0 Å². The Balaban J connectivity index is 2.68. The molecular formula is C15H29N3. The summed E-state index contributed by atoms with van der Waals surface area (Å²) in [6, 6.07) is 0.999. The van der Waals surface area contributed by atoms with E-state index in [0.717, 1.165) is 6.54 Å². The molecule has 3 unspecified atom stereocenters. The van der Waals surface area contributed by atoms with E-state index in [1.54, 1.807) is 0 Å². The molecule has 18 heavy (non-hydrogen) atoms. The van der Waals surface area contributed by atoms with Gasteiger partial charge in [-0.2, -0.15) is 0 Å². The second-order valence-electron chi connectivity index (χ2n) is 6.52. The fraction of sp³-hybridized carbons (Fsp3) is 0.800. The van der Waals surface area contributed by atoms with E-state index in [9.17, 15) is 0 Å². The summed E-state index contributed by atoms with van der Waals surface area (Å²) in [6.45, 7) is 14.7. The third-order valence-corrected chi connectivity index (χ3v) is 3.96. The second-order valence-corrected chi connectivity index (χ2v) is 6.52. The van der Waals surface area contributed by atoms with Crippen LogP contribution in [0.4, 0.5) is 0 Å². The summed E-state index contributed by atoms with van der Waals surface area (Å²) in [4.78, 5) is 4.12. The van der Waals surface area contributed by atoms with Crippen molar-refractivity contribution in [3.8, 4) is 0 Å². The Kier molecular flexibility index (Phi) is 5.39. The van der Waals surface area contributed by atoms with Gasteiger partial charge in [0.05, 0.1) is 6.33 Å². The SMILES string of the molecule is CCC(C)C(C)NC(Cn1ccnc1)C(C)(C)C. The van der Waals surface area contributed by atoms with Gasteiger partial charge in [-0.05, 0) is 18.3 Å². The smallest absolute Gasteiger partial charge is 0.0946 e. The predicted octanol–water partition coefficient (Wildman–Crippen LogP) is 3.32. The van der Waals surface area contributed by atoms with Crippen LogP contribution in [0.1, 0.15) is 48.0 Å². The zero-order valence-electron chi connectivity index (χ0n) is 12.8. The zero-order chi connectivity index (χ0) is 13.8. The first-order chi connectivity index (χ1) is 8.34. The fourth-order valence-electron chi connectivity index (χ4n) is 2.02. The first-order valence-corrected chi connectivity index (χ1v) is 7.06. The third-order valence-electron chi connectivity index (χ3n) is 3.96. The number of nitrogens with zero attached hydrogens (tertiary/aromatic N) is 2. The minimum atomic E-state index is 0.242. The highest BCUT2D eigenvalue weighted by Gasteiger charge is 2.27. The van der Waals surface area contributed by atoms with Crippen LogP contribution in [0.3, 0.4) is 0 Å². The molecule has 0 aliphatic heterocycles. The first-order valence-electron chi connectivity index (χ1n) is 7.06. The Bertz CT molecular complexity index is 324. The van der Waals surface area contributed by atoms with Crippen LogP contribution in [-0.4, -0.2) is 21.6 Å². The summed E-state index contributed by atoms with van der Waals surface area (Å²) in [7, 11) is 0.